The van der Waals surface area contributed by atoms with Gasteiger partial charge < -0.3 is 0 Å². The van der Waals surface area contributed by atoms with E-state index in [1.165, 1.54) is 56.9 Å². The first-order valence-corrected chi connectivity index (χ1v) is 8.30. The molecule has 1 heteroatoms. The Balaban J connectivity index is 1.94. The van der Waals surface area contributed by atoms with Gasteiger partial charge in [-0.15, -0.1) is 0 Å². The van der Waals surface area contributed by atoms with Gasteiger partial charge in [-0.3, -0.25) is 0 Å². The third kappa shape index (κ3) is 2.16. The van der Waals surface area contributed by atoms with E-state index >= 15 is 0 Å². The van der Waals surface area contributed by atoms with Crippen molar-refractivity contribution >= 4 is 0 Å². The zero-order chi connectivity index (χ0) is 14.0. The zero-order valence-electron chi connectivity index (χ0n) is 12.6. The van der Waals surface area contributed by atoms with Gasteiger partial charge in [0.1, 0.15) is 0 Å². The molecule has 1 aromatic carbocycles. The molecule has 1 nitrogen and oxygen atoms in total. The molecule has 3 atom stereocenters. The smallest absolute Gasteiger partial charge is 0.0991 e. The van der Waals surface area contributed by atoms with E-state index in [-0.39, 0.29) is 0 Å². The van der Waals surface area contributed by atoms with Gasteiger partial charge >= 0.3 is 0 Å². The molecule has 0 radical (unpaired) electrons. The van der Waals surface area contributed by atoms with Gasteiger partial charge in [0.2, 0.25) is 0 Å². The number of nitriles is 1. The standard InChI is InChI=1S/C19H25N/c1-2-19-13-4-3-6-17(19)7-5-8-18(19)16-11-9-15(14-20)10-12-16/h9-12,17-18H,2-8,13H2,1H3/t17-,18?,19+/m1/s1. The van der Waals surface area contributed by atoms with Crippen LogP contribution in [0.1, 0.15) is 75.3 Å². The lowest BCUT2D eigenvalue weighted by Crippen LogP contribution is -2.41. The maximum Gasteiger partial charge on any atom is 0.0991 e. The molecule has 0 saturated heterocycles. The van der Waals surface area contributed by atoms with Gasteiger partial charge in [0.15, 0.2) is 0 Å². The summed E-state index contributed by atoms with van der Waals surface area (Å²) in [5.74, 6) is 1.66. The van der Waals surface area contributed by atoms with Crippen molar-refractivity contribution in [3.63, 3.8) is 0 Å². The lowest BCUT2D eigenvalue weighted by atomic mass is 9.52. The van der Waals surface area contributed by atoms with Gasteiger partial charge in [-0.25, -0.2) is 0 Å². The Morgan fingerprint density at radius 2 is 1.85 bits per heavy atom. The maximum absolute atomic E-state index is 8.97. The van der Waals surface area contributed by atoms with Crippen molar-refractivity contribution in [1.82, 2.24) is 0 Å². The Morgan fingerprint density at radius 3 is 2.55 bits per heavy atom. The monoisotopic (exact) mass is 267 g/mol. The predicted molar refractivity (Wildman–Crippen MR) is 82.4 cm³/mol. The molecule has 20 heavy (non-hydrogen) atoms. The molecule has 0 aromatic heterocycles. The van der Waals surface area contributed by atoms with Crippen LogP contribution in [0.4, 0.5) is 0 Å². The minimum absolute atomic E-state index is 0.546. The molecule has 1 unspecified atom stereocenters. The van der Waals surface area contributed by atoms with Crippen LogP contribution in [0.15, 0.2) is 24.3 Å². The zero-order valence-corrected chi connectivity index (χ0v) is 12.6. The predicted octanol–water partition coefficient (Wildman–Crippen LogP) is 5.41. The number of fused-ring (bicyclic) bond motifs is 1. The lowest BCUT2D eigenvalue weighted by molar-refractivity contribution is 0.0167. The van der Waals surface area contributed by atoms with Gasteiger partial charge in [0, 0.05) is 0 Å². The molecule has 2 aliphatic rings. The minimum Gasteiger partial charge on any atom is -0.192 e. The van der Waals surface area contributed by atoms with Crippen LogP contribution in [0, 0.1) is 22.7 Å². The molecule has 0 bridgehead atoms. The highest BCUT2D eigenvalue weighted by Crippen LogP contribution is 2.59. The summed E-state index contributed by atoms with van der Waals surface area (Å²) in [4.78, 5) is 0. The second-order valence-electron chi connectivity index (χ2n) is 6.75. The first kappa shape index (κ1) is 13.7. The van der Waals surface area contributed by atoms with Crippen molar-refractivity contribution in [3.05, 3.63) is 35.4 Å². The van der Waals surface area contributed by atoms with Crippen LogP contribution < -0.4 is 0 Å². The molecule has 2 saturated carbocycles. The lowest BCUT2D eigenvalue weighted by Gasteiger charge is -2.53. The fourth-order valence-electron chi connectivity index (χ4n) is 5.08. The van der Waals surface area contributed by atoms with Crippen molar-refractivity contribution in [2.24, 2.45) is 11.3 Å². The summed E-state index contributed by atoms with van der Waals surface area (Å²) >= 11 is 0. The van der Waals surface area contributed by atoms with Crippen molar-refractivity contribution in [1.29, 1.82) is 5.26 Å². The van der Waals surface area contributed by atoms with Gasteiger partial charge in [-0.05, 0) is 67.1 Å². The number of benzene rings is 1. The van der Waals surface area contributed by atoms with Crippen LogP contribution in [0.5, 0.6) is 0 Å². The van der Waals surface area contributed by atoms with Gasteiger partial charge in [0.05, 0.1) is 11.6 Å². The molecule has 2 fully saturated rings. The average Bonchev–Trinajstić information content (AvgIpc) is 2.54. The van der Waals surface area contributed by atoms with E-state index in [1.54, 1.807) is 0 Å². The highest BCUT2D eigenvalue weighted by Gasteiger charge is 2.47. The number of hydrogen-bond acceptors (Lipinski definition) is 1. The normalized spacial score (nSPS) is 33.2. The minimum atomic E-state index is 0.546. The summed E-state index contributed by atoms with van der Waals surface area (Å²) in [5.41, 5.74) is 2.82. The van der Waals surface area contributed by atoms with E-state index in [1.807, 2.05) is 12.1 Å². The molecule has 0 spiro atoms. The number of nitrogens with zero attached hydrogens (tertiary/aromatic N) is 1. The summed E-state index contributed by atoms with van der Waals surface area (Å²) in [6, 6.07) is 10.7. The second-order valence-corrected chi connectivity index (χ2v) is 6.75. The largest absolute Gasteiger partial charge is 0.192 e. The molecule has 106 valence electrons. The summed E-state index contributed by atoms with van der Waals surface area (Å²) in [6.45, 7) is 2.40. The van der Waals surface area contributed by atoms with Crippen molar-refractivity contribution in [3.8, 4) is 6.07 Å². The molecule has 1 aromatic rings. The van der Waals surface area contributed by atoms with Gasteiger partial charge in [-0.2, -0.15) is 5.26 Å². The fourth-order valence-corrected chi connectivity index (χ4v) is 5.08. The SMILES string of the molecule is CC[C@]12CCCC[C@@H]1CCCC2c1ccc(C#N)cc1. The first-order chi connectivity index (χ1) is 9.80. The maximum atomic E-state index is 8.97. The quantitative estimate of drug-likeness (QED) is 0.702. The molecular formula is C19H25N. The second kappa shape index (κ2) is 5.60. The van der Waals surface area contributed by atoms with E-state index in [4.69, 9.17) is 5.26 Å². The average molecular weight is 267 g/mol. The van der Waals surface area contributed by atoms with Crippen molar-refractivity contribution < 1.29 is 0 Å². The van der Waals surface area contributed by atoms with Crippen LogP contribution >= 0.6 is 0 Å². The Bertz CT molecular complexity index is 493. The molecule has 0 N–H and O–H groups in total. The van der Waals surface area contributed by atoms with Crippen LogP contribution in [0.2, 0.25) is 0 Å². The molecule has 3 rings (SSSR count). The molecule has 0 heterocycles. The summed E-state index contributed by atoms with van der Waals surface area (Å²) in [7, 11) is 0. The van der Waals surface area contributed by atoms with Crippen LogP contribution in [0.3, 0.4) is 0 Å². The fraction of sp³-hybridized carbons (Fsp3) is 0.632. The topological polar surface area (TPSA) is 23.8 Å². The van der Waals surface area contributed by atoms with E-state index < -0.39 is 0 Å². The van der Waals surface area contributed by atoms with E-state index in [2.05, 4.69) is 25.1 Å². The van der Waals surface area contributed by atoms with Crippen LogP contribution in [0.25, 0.3) is 0 Å². The Labute approximate surface area is 123 Å². The number of hydrogen-bond donors (Lipinski definition) is 0. The van der Waals surface area contributed by atoms with E-state index in [0.717, 1.165) is 17.4 Å². The van der Waals surface area contributed by atoms with Crippen molar-refractivity contribution in [2.75, 3.05) is 0 Å². The first-order valence-electron chi connectivity index (χ1n) is 8.30. The van der Waals surface area contributed by atoms with Crippen molar-refractivity contribution in [2.45, 2.75) is 64.2 Å². The van der Waals surface area contributed by atoms with Crippen LogP contribution in [-0.4, -0.2) is 0 Å². The number of rotatable bonds is 2. The molecule has 2 aliphatic carbocycles. The summed E-state index contributed by atoms with van der Waals surface area (Å²) in [5, 5.41) is 8.97. The highest BCUT2D eigenvalue weighted by molar-refractivity contribution is 5.34. The highest BCUT2D eigenvalue weighted by atomic mass is 14.5. The Morgan fingerprint density at radius 1 is 1.10 bits per heavy atom. The molecular weight excluding hydrogens is 242 g/mol. The Hall–Kier alpha value is -1.29. The van der Waals surface area contributed by atoms with E-state index in [0.29, 0.717) is 5.41 Å². The summed E-state index contributed by atoms with van der Waals surface area (Å²) in [6.07, 6.45) is 11.2. The van der Waals surface area contributed by atoms with Gasteiger partial charge in [0.25, 0.3) is 0 Å². The molecule has 0 aliphatic heterocycles. The third-order valence-corrected chi connectivity index (χ3v) is 6.10. The van der Waals surface area contributed by atoms with Gasteiger partial charge in [-0.1, -0.05) is 38.3 Å². The van der Waals surface area contributed by atoms with E-state index in [9.17, 15) is 0 Å². The Kier molecular flexibility index (Phi) is 3.83. The molecule has 0 amide bonds. The third-order valence-electron chi connectivity index (χ3n) is 6.10. The van der Waals surface area contributed by atoms with Crippen LogP contribution in [-0.2, 0) is 0 Å². The summed E-state index contributed by atoms with van der Waals surface area (Å²) < 4.78 is 0.